The standard InChI is InChI=1S/C10H13NO3S/c11-7(4-9(12)13)10(5-14-6-10)8-2-1-3-15-8/h1-3,7H,4-6,11H2,(H,12,13). The molecule has 5 heteroatoms. The summed E-state index contributed by atoms with van der Waals surface area (Å²) in [6.07, 6.45) is -0.0126. The van der Waals surface area contributed by atoms with Gasteiger partial charge >= 0.3 is 5.97 Å². The summed E-state index contributed by atoms with van der Waals surface area (Å²) in [5.74, 6) is -0.856. The lowest BCUT2D eigenvalue weighted by Gasteiger charge is -2.44. The third-order valence-electron chi connectivity index (χ3n) is 2.84. The molecule has 1 saturated heterocycles. The number of nitrogens with two attached hydrogens (primary N) is 1. The summed E-state index contributed by atoms with van der Waals surface area (Å²) in [7, 11) is 0. The third-order valence-corrected chi connectivity index (χ3v) is 3.93. The zero-order chi connectivity index (χ0) is 10.9. The van der Waals surface area contributed by atoms with Gasteiger partial charge in [0.2, 0.25) is 0 Å². The first kappa shape index (κ1) is 10.6. The molecular formula is C10H13NO3S. The number of carboxylic acid groups (broad SMARTS) is 1. The quantitative estimate of drug-likeness (QED) is 0.798. The topological polar surface area (TPSA) is 72.6 Å². The van der Waals surface area contributed by atoms with Gasteiger partial charge in [0.1, 0.15) is 0 Å². The van der Waals surface area contributed by atoms with Crippen molar-refractivity contribution in [2.75, 3.05) is 13.2 Å². The lowest BCUT2D eigenvalue weighted by atomic mass is 9.76. The Morgan fingerprint density at radius 3 is 2.87 bits per heavy atom. The smallest absolute Gasteiger partial charge is 0.304 e. The maximum atomic E-state index is 10.6. The molecule has 0 bridgehead atoms. The Morgan fingerprint density at radius 2 is 2.47 bits per heavy atom. The van der Waals surface area contributed by atoms with Crippen LogP contribution < -0.4 is 5.73 Å². The average molecular weight is 227 g/mol. The van der Waals surface area contributed by atoms with Crippen molar-refractivity contribution in [2.45, 2.75) is 17.9 Å². The second kappa shape index (κ2) is 3.92. The van der Waals surface area contributed by atoms with E-state index in [0.29, 0.717) is 13.2 Å². The van der Waals surface area contributed by atoms with Crippen molar-refractivity contribution in [1.82, 2.24) is 0 Å². The fourth-order valence-corrected chi connectivity index (χ4v) is 2.77. The van der Waals surface area contributed by atoms with Crippen LogP contribution in [0.3, 0.4) is 0 Å². The number of carboxylic acids is 1. The predicted molar refractivity (Wildman–Crippen MR) is 57.0 cm³/mol. The molecule has 4 nitrogen and oxygen atoms in total. The first-order valence-electron chi connectivity index (χ1n) is 4.74. The van der Waals surface area contributed by atoms with Crippen molar-refractivity contribution < 1.29 is 14.6 Å². The van der Waals surface area contributed by atoms with Gasteiger partial charge in [0, 0.05) is 10.9 Å². The summed E-state index contributed by atoms with van der Waals surface area (Å²) in [6.45, 7) is 1.06. The van der Waals surface area contributed by atoms with Crippen molar-refractivity contribution in [3.8, 4) is 0 Å². The average Bonchev–Trinajstić information content (AvgIpc) is 2.53. The van der Waals surface area contributed by atoms with Crippen LogP contribution in [0, 0.1) is 0 Å². The molecule has 1 atom stereocenters. The first-order valence-corrected chi connectivity index (χ1v) is 5.62. The van der Waals surface area contributed by atoms with Gasteiger partial charge in [-0.15, -0.1) is 11.3 Å². The van der Waals surface area contributed by atoms with Gasteiger partial charge in [-0.2, -0.15) is 0 Å². The number of thiophene rings is 1. The van der Waals surface area contributed by atoms with Gasteiger partial charge < -0.3 is 15.6 Å². The Balaban J connectivity index is 2.18. The SMILES string of the molecule is NC(CC(=O)O)C1(c2cccs2)COC1. The first-order chi connectivity index (χ1) is 7.15. The molecule has 1 aliphatic heterocycles. The zero-order valence-corrected chi connectivity index (χ0v) is 9.00. The fourth-order valence-electron chi connectivity index (χ4n) is 1.81. The van der Waals surface area contributed by atoms with E-state index in [2.05, 4.69) is 0 Å². The minimum atomic E-state index is -0.856. The van der Waals surface area contributed by atoms with E-state index in [-0.39, 0.29) is 17.9 Å². The van der Waals surface area contributed by atoms with E-state index in [4.69, 9.17) is 15.6 Å². The van der Waals surface area contributed by atoms with Crippen LogP contribution in [0.15, 0.2) is 17.5 Å². The fraction of sp³-hybridized carbons (Fsp3) is 0.500. The van der Waals surface area contributed by atoms with Gasteiger partial charge in [0.05, 0.1) is 25.0 Å². The monoisotopic (exact) mass is 227 g/mol. The molecule has 1 aromatic rings. The molecule has 0 amide bonds. The van der Waals surface area contributed by atoms with E-state index in [1.54, 1.807) is 11.3 Å². The molecule has 2 rings (SSSR count). The molecule has 0 radical (unpaired) electrons. The second-order valence-corrected chi connectivity index (χ2v) is 4.78. The maximum absolute atomic E-state index is 10.6. The Kier molecular flexibility index (Phi) is 2.77. The van der Waals surface area contributed by atoms with Crippen LogP contribution in [0.1, 0.15) is 11.3 Å². The van der Waals surface area contributed by atoms with Gasteiger partial charge in [0.25, 0.3) is 0 Å². The summed E-state index contributed by atoms with van der Waals surface area (Å²) >= 11 is 1.61. The van der Waals surface area contributed by atoms with Crippen LogP contribution in [0.25, 0.3) is 0 Å². The van der Waals surface area contributed by atoms with Gasteiger partial charge in [0.15, 0.2) is 0 Å². The molecule has 0 spiro atoms. The van der Waals surface area contributed by atoms with Crippen LogP contribution in [-0.4, -0.2) is 30.3 Å². The highest BCUT2D eigenvalue weighted by molar-refractivity contribution is 7.10. The molecule has 2 heterocycles. The van der Waals surface area contributed by atoms with E-state index >= 15 is 0 Å². The van der Waals surface area contributed by atoms with Gasteiger partial charge in [-0.25, -0.2) is 0 Å². The minimum Gasteiger partial charge on any atom is -0.481 e. The summed E-state index contributed by atoms with van der Waals surface area (Å²) < 4.78 is 5.20. The van der Waals surface area contributed by atoms with Crippen LogP contribution in [0.2, 0.25) is 0 Å². The minimum absolute atomic E-state index is 0.0126. The van der Waals surface area contributed by atoms with Gasteiger partial charge in [-0.1, -0.05) is 6.07 Å². The lowest BCUT2D eigenvalue weighted by molar-refractivity contribution is -0.140. The zero-order valence-electron chi connectivity index (χ0n) is 8.18. The van der Waals surface area contributed by atoms with E-state index in [0.717, 1.165) is 4.88 Å². The second-order valence-electron chi connectivity index (χ2n) is 3.83. The third kappa shape index (κ3) is 1.78. The Labute approximate surface area is 91.7 Å². The van der Waals surface area contributed by atoms with Crippen LogP contribution in [0.5, 0.6) is 0 Å². The number of hydrogen-bond donors (Lipinski definition) is 2. The largest absolute Gasteiger partial charge is 0.481 e. The van der Waals surface area contributed by atoms with Crippen molar-refractivity contribution in [3.63, 3.8) is 0 Å². The molecule has 0 aliphatic carbocycles. The molecule has 1 aromatic heterocycles. The lowest BCUT2D eigenvalue weighted by Crippen LogP contribution is -2.59. The summed E-state index contributed by atoms with van der Waals surface area (Å²) in [4.78, 5) is 11.8. The van der Waals surface area contributed by atoms with Crippen LogP contribution in [-0.2, 0) is 14.9 Å². The van der Waals surface area contributed by atoms with Crippen molar-refractivity contribution >= 4 is 17.3 Å². The van der Waals surface area contributed by atoms with Crippen molar-refractivity contribution in [1.29, 1.82) is 0 Å². The Hall–Kier alpha value is -0.910. The number of carbonyl (C=O) groups is 1. The van der Waals surface area contributed by atoms with E-state index in [1.807, 2.05) is 17.5 Å². The van der Waals surface area contributed by atoms with E-state index < -0.39 is 5.97 Å². The number of ether oxygens (including phenoxy) is 1. The van der Waals surface area contributed by atoms with E-state index in [9.17, 15) is 4.79 Å². The van der Waals surface area contributed by atoms with Crippen molar-refractivity contribution in [3.05, 3.63) is 22.4 Å². The number of hydrogen-bond acceptors (Lipinski definition) is 4. The van der Waals surface area contributed by atoms with E-state index in [1.165, 1.54) is 0 Å². The molecule has 1 unspecified atom stereocenters. The predicted octanol–water partition coefficient (Wildman–Crippen LogP) is 0.818. The molecule has 1 aliphatic rings. The van der Waals surface area contributed by atoms with Gasteiger partial charge in [-0.05, 0) is 11.4 Å². The molecule has 1 fully saturated rings. The highest BCUT2D eigenvalue weighted by atomic mass is 32.1. The summed E-state index contributed by atoms with van der Waals surface area (Å²) in [5.41, 5.74) is 5.68. The molecular weight excluding hydrogens is 214 g/mol. The Morgan fingerprint density at radius 1 is 1.73 bits per heavy atom. The highest BCUT2D eigenvalue weighted by Gasteiger charge is 2.47. The van der Waals surface area contributed by atoms with Crippen molar-refractivity contribution in [2.24, 2.45) is 5.73 Å². The summed E-state index contributed by atoms with van der Waals surface area (Å²) in [6, 6.07) is 3.57. The highest BCUT2D eigenvalue weighted by Crippen LogP contribution is 2.38. The molecule has 82 valence electrons. The Bertz CT molecular complexity index is 346. The molecule has 0 saturated carbocycles. The number of rotatable bonds is 4. The summed E-state index contributed by atoms with van der Waals surface area (Å²) in [5, 5.41) is 10.7. The normalized spacial score (nSPS) is 20.6. The molecule has 0 aromatic carbocycles. The number of aliphatic carboxylic acids is 1. The molecule has 3 N–H and O–H groups in total. The maximum Gasteiger partial charge on any atom is 0.304 e. The van der Waals surface area contributed by atoms with Crippen LogP contribution in [0.4, 0.5) is 0 Å². The molecule has 15 heavy (non-hydrogen) atoms. The van der Waals surface area contributed by atoms with Crippen LogP contribution >= 0.6 is 11.3 Å². The van der Waals surface area contributed by atoms with Gasteiger partial charge in [-0.3, -0.25) is 4.79 Å².